The van der Waals surface area contributed by atoms with Gasteiger partial charge in [0.05, 0.1) is 18.5 Å². The van der Waals surface area contributed by atoms with Crippen LogP contribution in [0.3, 0.4) is 0 Å². The molecule has 0 aliphatic carbocycles. The molecule has 130 valence electrons. The minimum absolute atomic E-state index is 0.0828. The summed E-state index contributed by atoms with van der Waals surface area (Å²) < 4.78 is 9.30. The van der Waals surface area contributed by atoms with Gasteiger partial charge in [0.1, 0.15) is 10.6 Å². The highest BCUT2D eigenvalue weighted by molar-refractivity contribution is 7.07. The van der Waals surface area contributed by atoms with Gasteiger partial charge >= 0.3 is 0 Å². The molecular formula is C18H20N4O2S. The average Bonchev–Trinajstić information content (AvgIpc) is 3.25. The van der Waals surface area contributed by atoms with Crippen molar-refractivity contribution in [3.05, 3.63) is 64.6 Å². The molecule has 6 nitrogen and oxygen atoms in total. The van der Waals surface area contributed by atoms with E-state index in [0.717, 1.165) is 28.5 Å². The van der Waals surface area contributed by atoms with E-state index in [1.54, 1.807) is 18.1 Å². The van der Waals surface area contributed by atoms with E-state index in [2.05, 4.69) is 9.59 Å². The molecule has 0 unspecified atom stereocenters. The Kier molecular flexibility index (Phi) is 5.14. The fourth-order valence-electron chi connectivity index (χ4n) is 2.48. The molecule has 3 aromatic rings. The van der Waals surface area contributed by atoms with Crippen LogP contribution in [-0.2, 0) is 13.1 Å². The van der Waals surface area contributed by atoms with Gasteiger partial charge in [-0.25, -0.2) is 0 Å². The summed E-state index contributed by atoms with van der Waals surface area (Å²) in [6, 6.07) is 11.9. The van der Waals surface area contributed by atoms with Crippen LogP contribution >= 0.6 is 11.5 Å². The van der Waals surface area contributed by atoms with Gasteiger partial charge in [-0.2, -0.15) is 0 Å². The standard InChI is InChI=1S/C18H20N4O2S/c1-13-17(25-20-19-13)18(23)22(12-16-5-4-10-24-16)11-14-6-8-15(9-7-14)21(2)3/h4-10H,11-12H2,1-3H3. The first-order valence-corrected chi connectivity index (χ1v) is 8.69. The van der Waals surface area contributed by atoms with E-state index in [4.69, 9.17) is 4.42 Å². The topological polar surface area (TPSA) is 62.5 Å². The summed E-state index contributed by atoms with van der Waals surface area (Å²) in [5.41, 5.74) is 2.83. The third kappa shape index (κ3) is 4.06. The van der Waals surface area contributed by atoms with Crippen LogP contribution < -0.4 is 4.90 Å². The summed E-state index contributed by atoms with van der Waals surface area (Å²) in [7, 11) is 4.00. The summed E-state index contributed by atoms with van der Waals surface area (Å²) in [6.45, 7) is 2.69. The van der Waals surface area contributed by atoms with E-state index in [-0.39, 0.29) is 5.91 Å². The number of carbonyl (C=O) groups is 1. The van der Waals surface area contributed by atoms with Gasteiger partial charge in [-0.05, 0) is 48.3 Å². The first-order valence-electron chi connectivity index (χ1n) is 7.91. The summed E-state index contributed by atoms with van der Waals surface area (Å²) in [4.78, 5) is 17.3. The second-order valence-corrected chi connectivity index (χ2v) is 6.74. The van der Waals surface area contributed by atoms with E-state index in [1.807, 2.05) is 55.4 Å². The maximum absolute atomic E-state index is 12.9. The lowest BCUT2D eigenvalue weighted by molar-refractivity contribution is 0.0721. The molecule has 0 fully saturated rings. The Hall–Kier alpha value is -2.67. The van der Waals surface area contributed by atoms with Crippen molar-refractivity contribution in [2.24, 2.45) is 0 Å². The summed E-state index contributed by atoms with van der Waals surface area (Å²) >= 11 is 1.13. The zero-order valence-electron chi connectivity index (χ0n) is 14.5. The molecule has 3 rings (SSSR count). The van der Waals surface area contributed by atoms with Crippen molar-refractivity contribution in [1.29, 1.82) is 0 Å². The molecule has 0 aliphatic rings. The average molecular weight is 356 g/mol. The van der Waals surface area contributed by atoms with Gasteiger partial charge in [0.15, 0.2) is 0 Å². The molecule has 0 saturated heterocycles. The predicted octanol–water partition coefficient (Wildman–Crippen LogP) is 3.35. The zero-order valence-corrected chi connectivity index (χ0v) is 15.3. The Labute approximate surface area is 150 Å². The number of hydrogen-bond donors (Lipinski definition) is 0. The van der Waals surface area contributed by atoms with E-state index in [0.29, 0.717) is 23.7 Å². The number of rotatable bonds is 6. The van der Waals surface area contributed by atoms with Crippen LogP contribution in [0, 0.1) is 6.92 Å². The molecule has 0 spiro atoms. The van der Waals surface area contributed by atoms with Gasteiger partial charge in [-0.3, -0.25) is 4.79 Å². The van der Waals surface area contributed by atoms with Crippen LogP contribution in [0.15, 0.2) is 47.1 Å². The van der Waals surface area contributed by atoms with Crippen molar-refractivity contribution in [3.63, 3.8) is 0 Å². The van der Waals surface area contributed by atoms with Crippen LogP contribution in [0.4, 0.5) is 5.69 Å². The number of amides is 1. The van der Waals surface area contributed by atoms with Gasteiger partial charge in [0, 0.05) is 26.3 Å². The molecular weight excluding hydrogens is 336 g/mol. The highest BCUT2D eigenvalue weighted by atomic mass is 32.1. The molecule has 25 heavy (non-hydrogen) atoms. The Morgan fingerprint density at radius 1 is 1.16 bits per heavy atom. The van der Waals surface area contributed by atoms with Crippen LogP contribution in [-0.4, -0.2) is 34.5 Å². The molecule has 0 atom stereocenters. The smallest absolute Gasteiger partial charge is 0.268 e. The van der Waals surface area contributed by atoms with Crippen molar-refractivity contribution in [3.8, 4) is 0 Å². The van der Waals surface area contributed by atoms with Crippen LogP contribution in [0.2, 0.25) is 0 Å². The molecule has 2 heterocycles. The van der Waals surface area contributed by atoms with E-state index >= 15 is 0 Å². The fourth-order valence-corrected chi connectivity index (χ4v) is 3.11. The van der Waals surface area contributed by atoms with E-state index in [1.165, 1.54) is 0 Å². The molecule has 0 radical (unpaired) electrons. The fraction of sp³-hybridized carbons (Fsp3) is 0.278. The van der Waals surface area contributed by atoms with Crippen molar-refractivity contribution in [1.82, 2.24) is 14.5 Å². The predicted molar refractivity (Wildman–Crippen MR) is 97.7 cm³/mol. The Morgan fingerprint density at radius 3 is 2.48 bits per heavy atom. The number of carbonyl (C=O) groups excluding carboxylic acids is 1. The van der Waals surface area contributed by atoms with Crippen LogP contribution in [0.5, 0.6) is 0 Å². The largest absolute Gasteiger partial charge is 0.467 e. The number of nitrogens with zero attached hydrogens (tertiary/aromatic N) is 4. The molecule has 1 amide bonds. The second-order valence-electron chi connectivity index (χ2n) is 5.99. The third-order valence-electron chi connectivity index (χ3n) is 3.89. The zero-order chi connectivity index (χ0) is 17.8. The molecule has 0 bridgehead atoms. The monoisotopic (exact) mass is 356 g/mol. The second kappa shape index (κ2) is 7.48. The number of furan rings is 1. The molecule has 2 aromatic heterocycles. The van der Waals surface area contributed by atoms with E-state index in [9.17, 15) is 4.79 Å². The summed E-state index contributed by atoms with van der Waals surface area (Å²) in [5.74, 6) is 0.661. The van der Waals surface area contributed by atoms with E-state index < -0.39 is 0 Å². The number of benzene rings is 1. The summed E-state index contributed by atoms with van der Waals surface area (Å²) in [6.07, 6.45) is 1.61. The Balaban J connectivity index is 1.83. The lowest BCUT2D eigenvalue weighted by Crippen LogP contribution is -2.30. The lowest BCUT2D eigenvalue weighted by atomic mass is 10.1. The molecule has 0 aliphatic heterocycles. The molecule has 1 aromatic carbocycles. The van der Waals surface area contributed by atoms with Gasteiger partial charge < -0.3 is 14.2 Å². The number of hydrogen-bond acceptors (Lipinski definition) is 6. The van der Waals surface area contributed by atoms with Gasteiger partial charge in [0.2, 0.25) is 0 Å². The maximum Gasteiger partial charge on any atom is 0.268 e. The highest BCUT2D eigenvalue weighted by Crippen LogP contribution is 2.19. The van der Waals surface area contributed by atoms with Gasteiger partial charge in [0.25, 0.3) is 5.91 Å². The number of aryl methyl sites for hydroxylation is 1. The maximum atomic E-state index is 12.9. The number of aromatic nitrogens is 2. The van der Waals surface area contributed by atoms with Gasteiger partial charge in [-0.15, -0.1) is 5.10 Å². The van der Waals surface area contributed by atoms with Crippen molar-refractivity contribution < 1.29 is 9.21 Å². The normalized spacial score (nSPS) is 10.7. The first-order chi connectivity index (χ1) is 12.0. The highest BCUT2D eigenvalue weighted by Gasteiger charge is 2.22. The van der Waals surface area contributed by atoms with Crippen LogP contribution in [0.25, 0.3) is 0 Å². The third-order valence-corrected chi connectivity index (χ3v) is 4.70. The quantitative estimate of drug-likeness (QED) is 0.678. The molecule has 7 heteroatoms. The van der Waals surface area contributed by atoms with Crippen LogP contribution in [0.1, 0.15) is 26.7 Å². The summed E-state index contributed by atoms with van der Waals surface area (Å²) in [5, 5.41) is 3.95. The first kappa shape index (κ1) is 17.2. The SMILES string of the molecule is Cc1nnsc1C(=O)N(Cc1ccc(N(C)C)cc1)Cc1ccco1. The number of anilines is 1. The van der Waals surface area contributed by atoms with Crippen molar-refractivity contribution in [2.45, 2.75) is 20.0 Å². The Bertz CT molecular complexity index is 825. The molecule has 0 N–H and O–H groups in total. The minimum atomic E-state index is -0.0828. The van der Waals surface area contributed by atoms with Crippen molar-refractivity contribution >= 4 is 23.1 Å². The van der Waals surface area contributed by atoms with Crippen molar-refractivity contribution in [2.75, 3.05) is 19.0 Å². The molecule has 0 saturated carbocycles. The minimum Gasteiger partial charge on any atom is -0.467 e. The van der Waals surface area contributed by atoms with Gasteiger partial charge in [-0.1, -0.05) is 16.6 Å². The Morgan fingerprint density at radius 2 is 1.92 bits per heavy atom. The lowest BCUT2D eigenvalue weighted by Gasteiger charge is -2.22.